The minimum absolute atomic E-state index is 0.00847. The van der Waals surface area contributed by atoms with Crippen LogP contribution in [0.3, 0.4) is 0 Å². The first kappa shape index (κ1) is 10.7. The van der Waals surface area contributed by atoms with Crippen molar-refractivity contribution in [2.45, 2.75) is 18.5 Å². The van der Waals surface area contributed by atoms with Gasteiger partial charge in [0, 0.05) is 0 Å². The highest BCUT2D eigenvalue weighted by Gasteiger charge is 2.40. The number of ether oxygens (including phenoxy) is 2. The lowest BCUT2D eigenvalue weighted by atomic mass is 10.0. The Kier molecular flexibility index (Phi) is 2.68. The molecule has 0 aromatic rings. The quantitative estimate of drug-likeness (QED) is 0.489. The number of fused-ring (bicyclic) bond motifs is 2. The van der Waals surface area contributed by atoms with Crippen LogP contribution in [0.2, 0.25) is 0 Å². The van der Waals surface area contributed by atoms with E-state index in [9.17, 15) is 9.59 Å². The lowest BCUT2D eigenvalue weighted by Gasteiger charge is -2.32. The van der Waals surface area contributed by atoms with Gasteiger partial charge in [0.2, 0.25) is 0 Å². The first-order valence-corrected chi connectivity index (χ1v) is 5.02. The van der Waals surface area contributed by atoms with Gasteiger partial charge in [0.1, 0.15) is 0 Å². The Morgan fingerprint density at radius 2 is 2.06 bits per heavy atom. The number of rotatable bonds is 1. The number of hydrogen-bond donors (Lipinski definition) is 0. The molecule has 2 aliphatic heterocycles. The third kappa shape index (κ3) is 1.48. The summed E-state index contributed by atoms with van der Waals surface area (Å²) < 4.78 is 9.38. The van der Waals surface area contributed by atoms with Crippen LogP contribution in [0.1, 0.15) is 6.42 Å². The average Bonchev–Trinajstić information content (AvgIpc) is 2.61. The van der Waals surface area contributed by atoms with Crippen molar-refractivity contribution < 1.29 is 19.1 Å². The molecule has 1 amide bonds. The standard InChI is InChI=1S/C11H13NO4/c1-15-10(13)8-5-3-7-4-6-9(8)12(7)11(14)16-2/h4-7,9H,3H2,1-2H3/t7-,9-/m1/s1. The van der Waals surface area contributed by atoms with Crippen LogP contribution in [0.4, 0.5) is 4.79 Å². The summed E-state index contributed by atoms with van der Waals surface area (Å²) in [6, 6.07) is -0.357. The lowest BCUT2D eigenvalue weighted by Crippen LogP contribution is -2.46. The zero-order valence-corrected chi connectivity index (χ0v) is 9.17. The van der Waals surface area contributed by atoms with Crippen molar-refractivity contribution in [2.24, 2.45) is 0 Å². The lowest BCUT2D eigenvalue weighted by molar-refractivity contribution is -0.136. The van der Waals surface area contributed by atoms with E-state index in [1.807, 2.05) is 18.2 Å². The van der Waals surface area contributed by atoms with Crippen LogP contribution in [-0.2, 0) is 14.3 Å². The molecule has 0 radical (unpaired) electrons. The maximum atomic E-state index is 11.6. The SMILES string of the molecule is COC(=O)C1=CC[C@@H]2C=C[C@H]1N2C(=O)OC. The van der Waals surface area contributed by atoms with Crippen molar-refractivity contribution in [3.63, 3.8) is 0 Å². The zero-order chi connectivity index (χ0) is 11.7. The van der Waals surface area contributed by atoms with E-state index in [1.54, 1.807) is 4.90 Å². The highest BCUT2D eigenvalue weighted by atomic mass is 16.5. The molecule has 0 aromatic heterocycles. The molecule has 0 aliphatic carbocycles. The molecule has 0 N–H and O–H groups in total. The summed E-state index contributed by atoms with van der Waals surface area (Å²) in [5.74, 6) is -0.399. The molecule has 0 saturated heterocycles. The van der Waals surface area contributed by atoms with Gasteiger partial charge in [-0.3, -0.25) is 4.90 Å². The molecule has 0 aromatic carbocycles. The molecule has 0 spiro atoms. The number of amides is 1. The fourth-order valence-corrected chi connectivity index (χ4v) is 2.12. The van der Waals surface area contributed by atoms with E-state index in [1.165, 1.54) is 14.2 Å². The molecular formula is C11H13NO4. The monoisotopic (exact) mass is 223 g/mol. The molecule has 2 heterocycles. The van der Waals surface area contributed by atoms with Gasteiger partial charge in [-0.2, -0.15) is 0 Å². The fraction of sp³-hybridized carbons (Fsp3) is 0.455. The number of hydrogen-bond acceptors (Lipinski definition) is 4. The number of methoxy groups -OCH3 is 2. The van der Waals surface area contributed by atoms with Gasteiger partial charge in [0.25, 0.3) is 0 Å². The van der Waals surface area contributed by atoms with Gasteiger partial charge in [0.05, 0.1) is 31.9 Å². The van der Waals surface area contributed by atoms with Crippen molar-refractivity contribution in [1.82, 2.24) is 4.90 Å². The van der Waals surface area contributed by atoms with E-state index < -0.39 is 12.1 Å². The van der Waals surface area contributed by atoms with Gasteiger partial charge < -0.3 is 9.47 Å². The largest absolute Gasteiger partial charge is 0.466 e. The Balaban J connectivity index is 2.27. The van der Waals surface area contributed by atoms with Gasteiger partial charge >= 0.3 is 12.1 Å². The number of carbonyl (C=O) groups is 2. The highest BCUT2D eigenvalue weighted by molar-refractivity contribution is 5.92. The Hall–Kier alpha value is -1.78. The van der Waals surface area contributed by atoms with E-state index in [0.29, 0.717) is 12.0 Å². The van der Waals surface area contributed by atoms with Crippen LogP contribution >= 0.6 is 0 Å². The van der Waals surface area contributed by atoms with Crippen LogP contribution in [0.15, 0.2) is 23.8 Å². The van der Waals surface area contributed by atoms with Crippen molar-refractivity contribution in [2.75, 3.05) is 14.2 Å². The minimum atomic E-state index is -0.422. The summed E-state index contributed by atoms with van der Waals surface area (Å²) in [7, 11) is 2.66. The molecule has 0 saturated carbocycles. The molecule has 0 fully saturated rings. The van der Waals surface area contributed by atoms with Crippen molar-refractivity contribution in [3.05, 3.63) is 23.8 Å². The fourth-order valence-electron chi connectivity index (χ4n) is 2.12. The van der Waals surface area contributed by atoms with E-state index in [4.69, 9.17) is 4.74 Å². The van der Waals surface area contributed by atoms with Crippen LogP contribution in [0, 0.1) is 0 Å². The molecule has 86 valence electrons. The predicted molar refractivity (Wildman–Crippen MR) is 55.7 cm³/mol. The Morgan fingerprint density at radius 1 is 1.31 bits per heavy atom. The second-order valence-corrected chi connectivity index (χ2v) is 3.66. The first-order chi connectivity index (χ1) is 7.69. The molecule has 2 rings (SSSR count). The molecule has 2 atom stereocenters. The topological polar surface area (TPSA) is 55.8 Å². The molecule has 16 heavy (non-hydrogen) atoms. The molecule has 0 unspecified atom stereocenters. The van der Waals surface area contributed by atoms with Crippen LogP contribution in [0.25, 0.3) is 0 Å². The maximum Gasteiger partial charge on any atom is 0.410 e. The molecular weight excluding hydrogens is 210 g/mol. The Labute approximate surface area is 93.3 Å². The van der Waals surface area contributed by atoms with Gasteiger partial charge in [0.15, 0.2) is 0 Å². The summed E-state index contributed by atoms with van der Waals surface area (Å²) in [5.41, 5.74) is 0.498. The summed E-state index contributed by atoms with van der Waals surface area (Å²) >= 11 is 0. The second kappa shape index (κ2) is 4.00. The molecule has 2 aliphatic rings. The van der Waals surface area contributed by atoms with E-state index in [-0.39, 0.29) is 12.1 Å². The summed E-state index contributed by atoms with van der Waals surface area (Å²) in [5, 5.41) is 0. The van der Waals surface area contributed by atoms with Gasteiger partial charge in [-0.1, -0.05) is 18.2 Å². The normalized spacial score (nSPS) is 26.4. The van der Waals surface area contributed by atoms with Gasteiger partial charge in [-0.25, -0.2) is 9.59 Å². The van der Waals surface area contributed by atoms with E-state index in [2.05, 4.69) is 4.74 Å². The zero-order valence-electron chi connectivity index (χ0n) is 9.17. The number of carbonyl (C=O) groups excluding carboxylic acids is 2. The van der Waals surface area contributed by atoms with Gasteiger partial charge in [-0.05, 0) is 6.42 Å². The molecule has 2 bridgehead atoms. The average molecular weight is 223 g/mol. The van der Waals surface area contributed by atoms with Crippen molar-refractivity contribution in [3.8, 4) is 0 Å². The minimum Gasteiger partial charge on any atom is -0.466 e. The van der Waals surface area contributed by atoms with Crippen molar-refractivity contribution >= 4 is 12.1 Å². The summed E-state index contributed by atoms with van der Waals surface area (Å²) in [4.78, 5) is 24.6. The van der Waals surface area contributed by atoms with Crippen LogP contribution in [-0.4, -0.2) is 43.3 Å². The highest BCUT2D eigenvalue weighted by Crippen LogP contribution is 2.31. The van der Waals surface area contributed by atoms with E-state index in [0.717, 1.165) is 0 Å². The van der Waals surface area contributed by atoms with Crippen LogP contribution in [0.5, 0.6) is 0 Å². The first-order valence-electron chi connectivity index (χ1n) is 5.02. The molecule has 5 nitrogen and oxygen atoms in total. The Bertz CT molecular complexity index is 385. The second-order valence-electron chi connectivity index (χ2n) is 3.66. The molecule has 5 heteroatoms. The van der Waals surface area contributed by atoms with E-state index >= 15 is 0 Å². The smallest absolute Gasteiger partial charge is 0.410 e. The van der Waals surface area contributed by atoms with Crippen molar-refractivity contribution in [1.29, 1.82) is 0 Å². The third-order valence-corrected chi connectivity index (χ3v) is 2.88. The van der Waals surface area contributed by atoms with Crippen LogP contribution < -0.4 is 0 Å². The summed E-state index contributed by atoms with van der Waals surface area (Å²) in [6.07, 6.45) is 5.76. The Morgan fingerprint density at radius 3 is 2.69 bits per heavy atom. The maximum absolute atomic E-state index is 11.6. The predicted octanol–water partition coefficient (Wildman–Crippen LogP) is 0.865. The number of esters is 1. The third-order valence-electron chi connectivity index (χ3n) is 2.88. The number of nitrogens with zero attached hydrogens (tertiary/aromatic N) is 1. The summed E-state index contributed by atoms with van der Waals surface area (Å²) in [6.45, 7) is 0. The van der Waals surface area contributed by atoms with Gasteiger partial charge in [-0.15, -0.1) is 0 Å².